The van der Waals surface area contributed by atoms with Gasteiger partial charge in [-0.05, 0) is 86.7 Å². The number of furan rings is 1. The zero-order valence-electron chi connectivity index (χ0n) is 18.0. The molecule has 0 spiro atoms. The highest BCUT2D eigenvalue weighted by atomic mass is 16.3. The Bertz CT molecular complexity index is 934. The minimum Gasteiger partial charge on any atom is -0.508 e. The molecule has 2 aromatic rings. The van der Waals surface area contributed by atoms with E-state index in [1.165, 1.54) is 24.9 Å². The number of fused-ring (bicyclic) bond motifs is 1. The molecule has 0 bridgehead atoms. The van der Waals surface area contributed by atoms with Crippen LogP contribution in [0.3, 0.4) is 0 Å². The van der Waals surface area contributed by atoms with E-state index < -0.39 is 0 Å². The quantitative estimate of drug-likeness (QED) is 0.683. The Hall–Kier alpha value is -2.53. The van der Waals surface area contributed by atoms with Gasteiger partial charge in [0.15, 0.2) is 0 Å². The summed E-state index contributed by atoms with van der Waals surface area (Å²) >= 11 is 0. The molecule has 5 nitrogen and oxygen atoms in total. The van der Waals surface area contributed by atoms with Gasteiger partial charge in [-0.25, -0.2) is 0 Å². The number of carbonyl (C=O) groups excluding carboxylic acids is 1. The molecule has 2 heterocycles. The molecule has 1 aliphatic heterocycles. The number of carbonyl (C=O) groups is 1. The maximum absolute atomic E-state index is 12.6. The molecule has 2 saturated carbocycles. The zero-order chi connectivity index (χ0) is 21.3. The van der Waals surface area contributed by atoms with Gasteiger partial charge in [0, 0.05) is 36.2 Å². The van der Waals surface area contributed by atoms with E-state index in [1.54, 1.807) is 30.7 Å². The van der Waals surface area contributed by atoms with Gasteiger partial charge in [-0.3, -0.25) is 4.79 Å². The number of rotatable bonds is 6. The first-order valence-corrected chi connectivity index (χ1v) is 11.6. The molecule has 1 amide bonds. The molecule has 3 fully saturated rings. The molecule has 3 aliphatic rings. The van der Waals surface area contributed by atoms with Crippen LogP contribution in [0, 0.1) is 11.8 Å². The summed E-state index contributed by atoms with van der Waals surface area (Å²) in [6.45, 7) is 3.47. The van der Waals surface area contributed by atoms with E-state index in [0.29, 0.717) is 11.7 Å². The summed E-state index contributed by atoms with van der Waals surface area (Å²) in [5.41, 5.74) is 2.14. The van der Waals surface area contributed by atoms with Crippen LogP contribution in [0.2, 0.25) is 0 Å². The first kappa shape index (κ1) is 20.4. The fourth-order valence-corrected chi connectivity index (χ4v) is 5.78. The van der Waals surface area contributed by atoms with E-state index in [-0.39, 0.29) is 17.4 Å². The van der Waals surface area contributed by atoms with Gasteiger partial charge in [0.2, 0.25) is 5.91 Å². The van der Waals surface area contributed by atoms with Gasteiger partial charge in [0.05, 0.1) is 12.5 Å². The summed E-state index contributed by atoms with van der Waals surface area (Å²) < 4.78 is 5.06. The van der Waals surface area contributed by atoms with Crippen molar-refractivity contribution in [3.63, 3.8) is 0 Å². The average Bonchev–Trinajstić information content (AvgIpc) is 3.42. The molecule has 0 radical (unpaired) electrons. The van der Waals surface area contributed by atoms with Crippen molar-refractivity contribution in [1.82, 2.24) is 10.2 Å². The summed E-state index contributed by atoms with van der Waals surface area (Å²) in [5, 5.41) is 13.4. The van der Waals surface area contributed by atoms with Crippen LogP contribution in [-0.4, -0.2) is 41.6 Å². The molecular weight excluding hydrogens is 388 g/mol. The van der Waals surface area contributed by atoms with Crippen LogP contribution in [0.15, 0.2) is 53.4 Å². The SMILES string of the molecule is O=C(C=Cc1ccoc1)N[C@@H]1CC[C@@H]2CN(CC3CC3)CC[C@@]2(c2cccc(O)c2)C1. The van der Waals surface area contributed by atoms with Crippen molar-refractivity contribution >= 4 is 12.0 Å². The van der Waals surface area contributed by atoms with E-state index >= 15 is 0 Å². The molecule has 1 aromatic carbocycles. The molecule has 164 valence electrons. The van der Waals surface area contributed by atoms with Crippen LogP contribution in [0.5, 0.6) is 5.75 Å². The number of hydrogen-bond donors (Lipinski definition) is 2. The maximum atomic E-state index is 12.6. The number of nitrogens with zero attached hydrogens (tertiary/aromatic N) is 1. The van der Waals surface area contributed by atoms with Crippen LogP contribution >= 0.6 is 0 Å². The molecule has 2 N–H and O–H groups in total. The number of hydrogen-bond acceptors (Lipinski definition) is 4. The largest absolute Gasteiger partial charge is 0.508 e. The van der Waals surface area contributed by atoms with Crippen molar-refractivity contribution in [2.45, 2.75) is 50.0 Å². The first-order chi connectivity index (χ1) is 15.1. The van der Waals surface area contributed by atoms with E-state index in [4.69, 9.17) is 4.42 Å². The highest BCUT2D eigenvalue weighted by molar-refractivity contribution is 5.91. The number of piperidine rings is 1. The summed E-state index contributed by atoms with van der Waals surface area (Å²) in [6.07, 6.45) is 13.5. The Kier molecular flexibility index (Phi) is 5.61. The molecule has 5 rings (SSSR count). The lowest BCUT2D eigenvalue weighted by Crippen LogP contribution is -2.56. The number of phenolic OH excluding ortho intramolecular Hbond substituents is 1. The van der Waals surface area contributed by atoms with Gasteiger partial charge in [0.1, 0.15) is 5.75 Å². The van der Waals surface area contributed by atoms with Crippen molar-refractivity contribution in [1.29, 1.82) is 0 Å². The Morgan fingerprint density at radius 1 is 1.26 bits per heavy atom. The summed E-state index contributed by atoms with van der Waals surface area (Å²) in [7, 11) is 0. The molecule has 3 atom stereocenters. The molecular formula is C26H32N2O3. The molecule has 31 heavy (non-hydrogen) atoms. The van der Waals surface area contributed by atoms with Gasteiger partial charge in [0.25, 0.3) is 0 Å². The molecule has 5 heteroatoms. The molecule has 1 saturated heterocycles. The predicted octanol–water partition coefficient (Wildman–Crippen LogP) is 4.34. The van der Waals surface area contributed by atoms with Gasteiger partial charge in [-0.15, -0.1) is 0 Å². The van der Waals surface area contributed by atoms with Crippen LogP contribution < -0.4 is 5.32 Å². The number of likely N-dealkylation sites (tertiary alicyclic amines) is 1. The smallest absolute Gasteiger partial charge is 0.244 e. The van der Waals surface area contributed by atoms with Crippen LogP contribution in [0.25, 0.3) is 6.08 Å². The van der Waals surface area contributed by atoms with Crippen molar-refractivity contribution in [2.75, 3.05) is 19.6 Å². The predicted molar refractivity (Wildman–Crippen MR) is 121 cm³/mol. The van der Waals surface area contributed by atoms with Crippen molar-refractivity contribution < 1.29 is 14.3 Å². The fourth-order valence-electron chi connectivity index (χ4n) is 5.78. The summed E-state index contributed by atoms with van der Waals surface area (Å²) in [6, 6.07) is 9.82. The number of nitrogens with one attached hydrogen (secondary N) is 1. The third-order valence-corrected chi connectivity index (χ3v) is 7.56. The van der Waals surface area contributed by atoms with Crippen molar-refractivity contribution in [3.8, 4) is 5.75 Å². The Balaban J connectivity index is 1.32. The third kappa shape index (κ3) is 4.57. The topological polar surface area (TPSA) is 65.7 Å². The van der Waals surface area contributed by atoms with Gasteiger partial charge in [-0.2, -0.15) is 0 Å². The highest BCUT2D eigenvalue weighted by Crippen LogP contribution is 2.50. The monoisotopic (exact) mass is 420 g/mol. The second kappa shape index (κ2) is 8.54. The minimum absolute atomic E-state index is 0.0171. The third-order valence-electron chi connectivity index (χ3n) is 7.56. The molecule has 1 aromatic heterocycles. The minimum atomic E-state index is -0.0538. The standard InChI is InChI=1S/C26H32N2O3/c29-24-3-1-2-21(14-24)26-11-12-28(16-19-4-5-19)17-22(26)7-8-23(15-26)27-25(30)9-6-20-10-13-31-18-20/h1-3,6,9-10,13-14,18-19,22-23,29H,4-5,7-8,11-12,15-17H2,(H,27,30)/t22-,23-,26+/m1/s1. The lowest BCUT2D eigenvalue weighted by molar-refractivity contribution is -0.117. The normalized spacial score (nSPS) is 29.0. The van der Waals surface area contributed by atoms with Gasteiger partial charge >= 0.3 is 0 Å². The zero-order valence-corrected chi connectivity index (χ0v) is 18.0. The first-order valence-electron chi connectivity index (χ1n) is 11.6. The number of amides is 1. The van der Waals surface area contributed by atoms with Gasteiger partial charge in [-0.1, -0.05) is 12.1 Å². The fraction of sp³-hybridized carbons (Fsp3) is 0.500. The second-order valence-corrected chi connectivity index (χ2v) is 9.73. The molecule has 2 aliphatic carbocycles. The second-order valence-electron chi connectivity index (χ2n) is 9.73. The Morgan fingerprint density at radius 3 is 2.94 bits per heavy atom. The van der Waals surface area contributed by atoms with Crippen molar-refractivity contribution in [3.05, 3.63) is 60.1 Å². The van der Waals surface area contributed by atoms with E-state index in [0.717, 1.165) is 50.3 Å². The summed E-state index contributed by atoms with van der Waals surface area (Å²) in [4.78, 5) is 15.2. The van der Waals surface area contributed by atoms with Crippen molar-refractivity contribution in [2.24, 2.45) is 11.8 Å². The summed E-state index contributed by atoms with van der Waals surface area (Å²) in [5.74, 6) is 1.75. The Morgan fingerprint density at radius 2 is 2.16 bits per heavy atom. The van der Waals surface area contributed by atoms with Crippen LogP contribution in [-0.2, 0) is 10.2 Å². The van der Waals surface area contributed by atoms with E-state index in [9.17, 15) is 9.90 Å². The number of benzene rings is 1. The molecule has 0 unspecified atom stereocenters. The lowest BCUT2D eigenvalue weighted by atomic mass is 9.58. The maximum Gasteiger partial charge on any atom is 0.244 e. The Labute approximate surface area is 184 Å². The van der Waals surface area contributed by atoms with Gasteiger partial charge < -0.3 is 19.7 Å². The lowest BCUT2D eigenvalue weighted by Gasteiger charge is -2.53. The van der Waals surface area contributed by atoms with E-state index in [1.807, 2.05) is 18.2 Å². The van der Waals surface area contributed by atoms with E-state index in [2.05, 4.69) is 16.3 Å². The average molecular weight is 421 g/mol. The number of phenols is 1. The number of aromatic hydroxyl groups is 1. The van der Waals surface area contributed by atoms with Crippen LogP contribution in [0.1, 0.15) is 49.7 Å². The van der Waals surface area contributed by atoms with Crippen LogP contribution in [0.4, 0.5) is 0 Å². The highest BCUT2D eigenvalue weighted by Gasteiger charge is 2.48.